The van der Waals surface area contributed by atoms with E-state index in [1.54, 1.807) is 60.5 Å². The van der Waals surface area contributed by atoms with Crippen molar-refractivity contribution in [2.75, 3.05) is 17.2 Å². The summed E-state index contributed by atoms with van der Waals surface area (Å²) in [6.07, 6.45) is -0.150. The summed E-state index contributed by atoms with van der Waals surface area (Å²) < 4.78 is 12.7. The van der Waals surface area contributed by atoms with Crippen LogP contribution in [0, 0.1) is 0 Å². The fourth-order valence-electron chi connectivity index (χ4n) is 4.99. The predicted molar refractivity (Wildman–Crippen MR) is 164 cm³/mol. The van der Waals surface area contributed by atoms with Crippen molar-refractivity contribution in [1.82, 2.24) is 20.1 Å². The molecule has 1 aliphatic heterocycles. The number of benzene rings is 3. The lowest BCUT2D eigenvalue weighted by molar-refractivity contribution is -0.746. The minimum absolute atomic E-state index is 0.0720. The molecule has 0 bridgehead atoms. The number of nitrogens with one attached hydrogen (secondary N) is 2. The van der Waals surface area contributed by atoms with E-state index < -0.39 is 6.04 Å². The number of anilines is 2. The summed E-state index contributed by atoms with van der Waals surface area (Å²) >= 11 is 5.64. The van der Waals surface area contributed by atoms with E-state index in [1.165, 1.54) is 9.58 Å². The van der Waals surface area contributed by atoms with Gasteiger partial charge in [-0.1, -0.05) is 30.3 Å². The number of aryl methyl sites for hydroxylation is 1. The first-order valence-corrected chi connectivity index (χ1v) is 14.3. The third-order valence-corrected chi connectivity index (χ3v) is 7.75. The van der Waals surface area contributed by atoms with Crippen molar-refractivity contribution >= 4 is 57.7 Å². The van der Waals surface area contributed by atoms with Crippen LogP contribution in [0.3, 0.4) is 0 Å². The first kappa shape index (κ1) is 28.7. The van der Waals surface area contributed by atoms with Gasteiger partial charge in [0.05, 0.1) is 6.42 Å². The molecule has 44 heavy (non-hydrogen) atoms. The summed E-state index contributed by atoms with van der Waals surface area (Å²) in [6.45, 7) is 2.23. The van der Waals surface area contributed by atoms with E-state index >= 15 is 0 Å². The SMILES string of the molecule is CCN1C(=O)C(CC(=O)Nc2ccc(-c3nc4ccccc4o3)cc2)N(Cc2c(NC(=O)c3ccccc3)on[n+]2C)C1=S. The molecule has 0 spiro atoms. The van der Waals surface area contributed by atoms with Gasteiger partial charge in [0.25, 0.3) is 17.5 Å². The van der Waals surface area contributed by atoms with E-state index in [9.17, 15) is 14.4 Å². The summed E-state index contributed by atoms with van der Waals surface area (Å²) in [4.78, 5) is 47.0. The van der Waals surface area contributed by atoms with Crippen LogP contribution in [0.15, 0.2) is 87.8 Å². The summed E-state index contributed by atoms with van der Waals surface area (Å²) in [5.41, 5.74) is 3.68. The quantitative estimate of drug-likeness (QED) is 0.188. The normalized spacial score (nSPS) is 14.8. The number of hydrogen-bond donors (Lipinski definition) is 2. The Hall–Kier alpha value is -5.43. The Kier molecular flexibility index (Phi) is 7.85. The van der Waals surface area contributed by atoms with Gasteiger partial charge in [-0.2, -0.15) is 0 Å². The van der Waals surface area contributed by atoms with Crippen LogP contribution in [0.5, 0.6) is 0 Å². The van der Waals surface area contributed by atoms with Crippen LogP contribution in [0.2, 0.25) is 0 Å². The zero-order chi connectivity index (χ0) is 30.8. The zero-order valence-electron chi connectivity index (χ0n) is 23.9. The number of fused-ring (bicyclic) bond motifs is 1. The van der Waals surface area contributed by atoms with E-state index in [0.29, 0.717) is 35.0 Å². The molecule has 1 unspecified atom stereocenters. The number of thiocarbonyl (C=S) groups is 1. The first-order chi connectivity index (χ1) is 21.3. The van der Waals surface area contributed by atoms with Gasteiger partial charge in [-0.25, -0.2) is 4.98 Å². The first-order valence-electron chi connectivity index (χ1n) is 13.9. The van der Waals surface area contributed by atoms with Crippen molar-refractivity contribution in [3.8, 4) is 11.5 Å². The largest absolute Gasteiger partial charge is 0.436 e. The second-order valence-electron chi connectivity index (χ2n) is 10.1. The summed E-state index contributed by atoms with van der Waals surface area (Å²) in [5, 5.41) is 9.82. The molecular formula is C31H28N7O5S+. The number of likely N-dealkylation sites (N-methyl/N-ethyl adjacent to an activating group) is 1. The molecule has 3 aromatic carbocycles. The van der Waals surface area contributed by atoms with E-state index in [-0.39, 0.29) is 41.7 Å². The summed E-state index contributed by atoms with van der Waals surface area (Å²) in [6, 6.07) is 22.4. The minimum atomic E-state index is -0.867. The van der Waals surface area contributed by atoms with Crippen molar-refractivity contribution in [2.45, 2.75) is 25.9 Å². The molecule has 0 aliphatic carbocycles. The monoisotopic (exact) mass is 610 g/mol. The van der Waals surface area contributed by atoms with Gasteiger partial charge in [-0.15, -0.1) is 0 Å². The molecule has 6 rings (SSSR count). The minimum Gasteiger partial charge on any atom is -0.436 e. The molecule has 13 heteroatoms. The Balaban J connectivity index is 1.16. The highest BCUT2D eigenvalue weighted by Crippen LogP contribution is 2.27. The maximum absolute atomic E-state index is 13.4. The number of amides is 3. The molecule has 2 N–H and O–H groups in total. The van der Waals surface area contributed by atoms with Crippen molar-refractivity contribution in [2.24, 2.45) is 7.05 Å². The lowest BCUT2D eigenvalue weighted by atomic mass is 10.1. The Morgan fingerprint density at radius 1 is 1.00 bits per heavy atom. The molecule has 0 radical (unpaired) electrons. The number of aromatic nitrogens is 3. The highest BCUT2D eigenvalue weighted by Gasteiger charge is 2.44. The summed E-state index contributed by atoms with van der Waals surface area (Å²) in [5.74, 6) is -0.430. The number of rotatable bonds is 9. The average Bonchev–Trinajstić information content (AvgIpc) is 3.68. The Bertz CT molecular complexity index is 1840. The zero-order valence-corrected chi connectivity index (χ0v) is 24.7. The van der Waals surface area contributed by atoms with Gasteiger partial charge in [0.15, 0.2) is 17.7 Å². The topological polar surface area (TPSA) is 138 Å². The van der Waals surface area contributed by atoms with Gasteiger partial charge >= 0.3 is 5.88 Å². The molecule has 2 aromatic heterocycles. The molecule has 5 aromatic rings. The van der Waals surface area contributed by atoms with Crippen molar-refractivity contribution in [3.05, 3.63) is 90.1 Å². The Morgan fingerprint density at radius 2 is 1.73 bits per heavy atom. The van der Waals surface area contributed by atoms with Crippen molar-refractivity contribution in [3.63, 3.8) is 0 Å². The molecule has 222 valence electrons. The van der Waals surface area contributed by atoms with E-state index in [1.807, 2.05) is 37.3 Å². The lowest BCUT2D eigenvalue weighted by Gasteiger charge is -2.21. The van der Waals surface area contributed by atoms with Gasteiger partial charge in [0.2, 0.25) is 17.1 Å². The van der Waals surface area contributed by atoms with Crippen LogP contribution in [0.4, 0.5) is 11.6 Å². The van der Waals surface area contributed by atoms with Gasteiger partial charge in [0.1, 0.15) is 18.1 Å². The molecule has 1 atom stereocenters. The molecule has 1 fully saturated rings. The van der Waals surface area contributed by atoms with Crippen LogP contribution in [0.25, 0.3) is 22.6 Å². The van der Waals surface area contributed by atoms with Crippen LogP contribution < -0.4 is 15.3 Å². The van der Waals surface area contributed by atoms with Crippen molar-refractivity contribution < 1.29 is 28.0 Å². The number of carbonyl (C=O) groups excluding carboxylic acids is 3. The van der Waals surface area contributed by atoms with Crippen LogP contribution in [-0.2, 0) is 23.2 Å². The summed E-state index contributed by atoms with van der Waals surface area (Å²) in [7, 11) is 1.65. The molecule has 0 saturated carbocycles. The highest BCUT2D eigenvalue weighted by atomic mass is 32.1. The van der Waals surface area contributed by atoms with E-state index in [4.69, 9.17) is 21.2 Å². The lowest BCUT2D eigenvalue weighted by Crippen LogP contribution is -2.43. The van der Waals surface area contributed by atoms with E-state index in [0.717, 1.165) is 11.1 Å². The third-order valence-electron chi connectivity index (χ3n) is 7.30. The smallest absolute Gasteiger partial charge is 0.307 e. The average molecular weight is 611 g/mol. The fraction of sp³-hybridized carbons (Fsp3) is 0.194. The van der Waals surface area contributed by atoms with E-state index in [2.05, 4.69) is 20.9 Å². The highest BCUT2D eigenvalue weighted by molar-refractivity contribution is 7.80. The van der Waals surface area contributed by atoms with Gasteiger partial charge in [-0.3, -0.25) is 29.1 Å². The number of hydrogen-bond acceptors (Lipinski definition) is 8. The molecular weight excluding hydrogens is 582 g/mol. The van der Waals surface area contributed by atoms with Gasteiger partial charge < -0.3 is 14.6 Å². The third kappa shape index (κ3) is 5.64. The second kappa shape index (κ2) is 12.1. The number of oxazole rings is 1. The van der Waals surface area contributed by atoms with Crippen LogP contribution in [-0.4, -0.2) is 55.5 Å². The second-order valence-corrected chi connectivity index (χ2v) is 10.5. The van der Waals surface area contributed by atoms with Gasteiger partial charge in [0, 0.05) is 23.4 Å². The maximum atomic E-state index is 13.4. The molecule has 1 saturated heterocycles. The molecule has 3 heterocycles. The van der Waals surface area contributed by atoms with Gasteiger partial charge in [-0.05, 0) is 72.4 Å². The molecule has 12 nitrogen and oxygen atoms in total. The Labute approximate surface area is 257 Å². The Morgan fingerprint density at radius 3 is 2.45 bits per heavy atom. The maximum Gasteiger partial charge on any atom is 0.307 e. The number of nitrogens with zero attached hydrogens (tertiary/aromatic N) is 5. The number of para-hydroxylation sites is 2. The fourth-order valence-corrected chi connectivity index (χ4v) is 5.40. The standard InChI is InChI=1S/C31H27N7O5S/c1-3-37-30(41)23(17-26(39)32-21-15-13-20(14-16-21)28-33-22-11-7-8-12-25(22)42-28)38(31(37)44)18-24-29(43-35-36(24)2)34-27(40)19-9-5-4-6-10-19/h4-16,23H,3,17-18H2,1-2H3,(H-,32,33,34,35,39,40)/p+1. The number of carbonyl (C=O) groups is 3. The molecule has 3 amide bonds. The van der Waals surface area contributed by atoms with Crippen LogP contribution >= 0.6 is 12.2 Å². The molecule has 1 aliphatic rings. The van der Waals surface area contributed by atoms with Crippen molar-refractivity contribution in [1.29, 1.82) is 0 Å². The predicted octanol–water partition coefficient (Wildman–Crippen LogP) is 3.91. The van der Waals surface area contributed by atoms with Crippen LogP contribution in [0.1, 0.15) is 29.4 Å².